The van der Waals surface area contributed by atoms with Crippen LogP contribution in [0.1, 0.15) is 16.1 Å². The topological polar surface area (TPSA) is 89.1 Å². The van der Waals surface area contributed by atoms with Gasteiger partial charge in [-0.3, -0.25) is 4.79 Å². The van der Waals surface area contributed by atoms with Gasteiger partial charge >= 0.3 is 0 Å². The van der Waals surface area contributed by atoms with E-state index in [1.165, 1.54) is 6.20 Å². The molecule has 24 heavy (non-hydrogen) atoms. The molecule has 3 aromatic rings. The Morgan fingerprint density at radius 2 is 1.88 bits per heavy atom. The van der Waals surface area contributed by atoms with Crippen molar-refractivity contribution in [3.63, 3.8) is 0 Å². The van der Waals surface area contributed by atoms with Crippen LogP contribution in [0.5, 0.6) is 17.2 Å². The van der Waals surface area contributed by atoms with Crippen LogP contribution >= 0.6 is 0 Å². The Morgan fingerprint density at radius 1 is 1.12 bits per heavy atom. The molecule has 0 bridgehead atoms. The second-order valence-corrected chi connectivity index (χ2v) is 4.93. The number of H-pyrrole nitrogens is 1. The van der Waals surface area contributed by atoms with E-state index < -0.39 is 0 Å². The van der Waals surface area contributed by atoms with Gasteiger partial charge in [0.15, 0.2) is 17.2 Å². The zero-order valence-electron chi connectivity index (χ0n) is 13.0. The van der Waals surface area contributed by atoms with Crippen molar-refractivity contribution < 1.29 is 14.3 Å². The van der Waals surface area contributed by atoms with E-state index in [4.69, 9.17) is 9.47 Å². The summed E-state index contributed by atoms with van der Waals surface area (Å²) in [5, 5.41) is 12.5. The average molecular weight is 324 g/mol. The number of hydrogen-bond donors (Lipinski definition) is 2. The number of ether oxygens (including phenoxy) is 2. The van der Waals surface area contributed by atoms with Crippen molar-refractivity contribution in [3.05, 3.63) is 66.0 Å². The SMILES string of the molecule is COc1ccccc1Oc1ccc(CNC(=O)c2cn[nH]n2)cc1. The van der Waals surface area contributed by atoms with Crippen LogP contribution in [0.3, 0.4) is 0 Å². The molecule has 0 spiro atoms. The summed E-state index contributed by atoms with van der Waals surface area (Å²) in [6.07, 6.45) is 1.37. The first-order chi connectivity index (χ1) is 11.8. The molecule has 1 heterocycles. The smallest absolute Gasteiger partial charge is 0.273 e. The Bertz CT molecular complexity index is 801. The molecule has 7 heteroatoms. The maximum absolute atomic E-state index is 11.8. The van der Waals surface area contributed by atoms with E-state index in [1.54, 1.807) is 7.11 Å². The summed E-state index contributed by atoms with van der Waals surface area (Å²) in [7, 11) is 1.60. The van der Waals surface area contributed by atoms with Crippen LogP contribution in [0.2, 0.25) is 0 Å². The Kier molecular flexibility index (Phi) is 4.71. The quantitative estimate of drug-likeness (QED) is 0.727. The van der Waals surface area contributed by atoms with Gasteiger partial charge in [0, 0.05) is 6.54 Å². The number of nitrogens with one attached hydrogen (secondary N) is 2. The summed E-state index contributed by atoms with van der Waals surface area (Å²) in [6.45, 7) is 0.390. The molecule has 1 aromatic heterocycles. The predicted octanol–water partition coefficient (Wildman–Crippen LogP) is 2.54. The van der Waals surface area contributed by atoms with Gasteiger partial charge in [-0.05, 0) is 29.8 Å². The second kappa shape index (κ2) is 7.28. The van der Waals surface area contributed by atoms with Crippen molar-refractivity contribution in [2.75, 3.05) is 7.11 Å². The maximum atomic E-state index is 11.8. The molecule has 0 saturated carbocycles. The van der Waals surface area contributed by atoms with Gasteiger partial charge in [0.1, 0.15) is 5.75 Å². The molecule has 0 aliphatic rings. The van der Waals surface area contributed by atoms with Crippen molar-refractivity contribution in [1.82, 2.24) is 20.7 Å². The van der Waals surface area contributed by atoms with Crippen molar-refractivity contribution in [1.29, 1.82) is 0 Å². The first kappa shape index (κ1) is 15.5. The lowest BCUT2D eigenvalue weighted by atomic mass is 10.2. The Labute approximate surface area is 138 Å². The van der Waals surface area contributed by atoms with Gasteiger partial charge in [0.05, 0.1) is 13.3 Å². The van der Waals surface area contributed by atoms with E-state index in [0.717, 1.165) is 5.56 Å². The predicted molar refractivity (Wildman–Crippen MR) is 87.1 cm³/mol. The van der Waals surface area contributed by atoms with Crippen LogP contribution in [0, 0.1) is 0 Å². The third-order valence-electron chi connectivity index (χ3n) is 3.32. The summed E-state index contributed by atoms with van der Waals surface area (Å²) in [4.78, 5) is 11.8. The number of aromatic amines is 1. The van der Waals surface area contributed by atoms with E-state index >= 15 is 0 Å². The van der Waals surface area contributed by atoms with Gasteiger partial charge in [0.2, 0.25) is 0 Å². The molecule has 2 aromatic carbocycles. The average Bonchev–Trinajstić information content (AvgIpc) is 3.16. The van der Waals surface area contributed by atoms with Crippen molar-refractivity contribution in [2.24, 2.45) is 0 Å². The molecule has 122 valence electrons. The first-order valence-electron chi connectivity index (χ1n) is 7.30. The highest BCUT2D eigenvalue weighted by Gasteiger charge is 2.08. The standard InChI is InChI=1S/C17H16N4O3/c1-23-15-4-2-3-5-16(15)24-13-8-6-12(7-9-13)10-18-17(22)14-11-19-21-20-14/h2-9,11H,10H2,1H3,(H,18,22)(H,19,20,21). The van der Waals surface area contributed by atoms with Gasteiger partial charge in [-0.25, -0.2) is 0 Å². The molecule has 0 unspecified atom stereocenters. The van der Waals surface area contributed by atoms with Crippen LogP contribution in [0.25, 0.3) is 0 Å². The van der Waals surface area contributed by atoms with Crippen molar-refractivity contribution in [3.8, 4) is 17.2 Å². The number of amides is 1. The minimum Gasteiger partial charge on any atom is -0.493 e. The second-order valence-electron chi connectivity index (χ2n) is 4.93. The Hall–Kier alpha value is -3.35. The van der Waals surface area contributed by atoms with Crippen LogP contribution in [0.15, 0.2) is 54.7 Å². The van der Waals surface area contributed by atoms with E-state index in [9.17, 15) is 4.79 Å². The van der Waals surface area contributed by atoms with Crippen LogP contribution in [-0.2, 0) is 6.54 Å². The first-order valence-corrected chi connectivity index (χ1v) is 7.30. The Balaban J connectivity index is 1.60. The lowest BCUT2D eigenvalue weighted by Crippen LogP contribution is -2.23. The van der Waals surface area contributed by atoms with E-state index in [-0.39, 0.29) is 11.6 Å². The highest BCUT2D eigenvalue weighted by molar-refractivity contribution is 5.91. The number of hydrogen-bond acceptors (Lipinski definition) is 5. The molecule has 7 nitrogen and oxygen atoms in total. The number of nitrogens with zero attached hydrogens (tertiary/aromatic N) is 2. The zero-order valence-corrected chi connectivity index (χ0v) is 13.0. The van der Waals surface area contributed by atoms with E-state index in [0.29, 0.717) is 23.8 Å². The molecule has 0 saturated heterocycles. The fourth-order valence-electron chi connectivity index (χ4n) is 2.09. The number of carbonyl (C=O) groups is 1. The van der Waals surface area contributed by atoms with Crippen LogP contribution in [-0.4, -0.2) is 28.4 Å². The van der Waals surface area contributed by atoms with Gasteiger partial charge in [0.25, 0.3) is 5.91 Å². The van der Waals surface area contributed by atoms with E-state index in [1.807, 2.05) is 48.5 Å². The highest BCUT2D eigenvalue weighted by Crippen LogP contribution is 2.30. The summed E-state index contributed by atoms with van der Waals surface area (Å²) >= 11 is 0. The molecule has 0 aliphatic carbocycles. The highest BCUT2D eigenvalue weighted by atomic mass is 16.5. The normalized spacial score (nSPS) is 10.2. The van der Waals surface area contributed by atoms with Crippen LogP contribution in [0.4, 0.5) is 0 Å². The lowest BCUT2D eigenvalue weighted by molar-refractivity contribution is 0.0946. The van der Waals surface area contributed by atoms with Gasteiger partial charge in [-0.2, -0.15) is 15.4 Å². The number of para-hydroxylation sites is 2. The number of aromatic nitrogens is 3. The number of benzene rings is 2. The van der Waals surface area contributed by atoms with Gasteiger partial charge in [-0.1, -0.05) is 24.3 Å². The summed E-state index contributed by atoms with van der Waals surface area (Å²) < 4.78 is 11.1. The van der Waals surface area contributed by atoms with Crippen LogP contribution < -0.4 is 14.8 Å². The molecule has 3 rings (SSSR count). The monoisotopic (exact) mass is 324 g/mol. The molecule has 0 atom stereocenters. The summed E-state index contributed by atoms with van der Waals surface area (Å²) in [6, 6.07) is 14.9. The van der Waals surface area contributed by atoms with Gasteiger partial charge < -0.3 is 14.8 Å². The lowest BCUT2D eigenvalue weighted by Gasteiger charge is -2.10. The third-order valence-corrected chi connectivity index (χ3v) is 3.32. The fourth-order valence-corrected chi connectivity index (χ4v) is 2.09. The number of carbonyl (C=O) groups excluding carboxylic acids is 1. The molecular formula is C17H16N4O3. The molecule has 2 N–H and O–H groups in total. The maximum Gasteiger partial charge on any atom is 0.273 e. The molecule has 0 radical (unpaired) electrons. The molecule has 1 amide bonds. The molecule has 0 aliphatic heterocycles. The summed E-state index contributed by atoms with van der Waals surface area (Å²) in [5.41, 5.74) is 1.20. The third kappa shape index (κ3) is 3.70. The number of methoxy groups -OCH3 is 1. The fraction of sp³-hybridized carbons (Fsp3) is 0.118. The molecular weight excluding hydrogens is 308 g/mol. The largest absolute Gasteiger partial charge is 0.493 e. The van der Waals surface area contributed by atoms with Crippen molar-refractivity contribution >= 4 is 5.91 Å². The van der Waals surface area contributed by atoms with Crippen molar-refractivity contribution in [2.45, 2.75) is 6.54 Å². The number of rotatable bonds is 6. The van der Waals surface area contributed by atoms with E-state index in [2.05, 4.69) is 20.7 Å². The molecule has 0 fully saturated rings. The summed E-state index contributed by atoms with van der Waals surface area (Å²) in [5.74, 6) is 1.72. The minimum atomic E-state index is -0.280. The minimum absolute atomic E-state index is 0.256. The zero-order chi connectivity index (χ0) is 16.8. The van der Waals surface area contributed by atoms with Gasteiger partial charge in [-0.15, -0.1) is 0 Å². The Morgan fingerprint density at radius 3 is 2.54 bits per heavy atom.